The molecular formula is C22H29N3O4S. The smallest absolute Gasteiger partial charge is 0.282 e. The van der Waals surface area contributed by atoms with E-state index in [1.54, 1.807) is 34.8 Å². The van der Waals surface area contributed by atoms with Crippen LogP contribution in [0, 0.1) is 5.92 Å². The molecule has 0 bridgehead atoms. The van der Waals surface area contributed by atoms with Crippen molar-refractivity contribution in [2.75, 3.05) is 13.1 Å². The van der Waals surface area contributed by atoms with Gasteiger partial charge in [0.05, 0.1) is 12.8 Å². The first-order chi connectivity index (χ1) is 14.4. The monoisotopic (exact) mass is 431 g/mol. The maximum absolute atomic E-state index is 13.4. The minimum Gasteiger partial charge on any atom is -0.468 e. The second-order valence-electron chi connectivity index (χ2n) is 8.41. The Bertz CT molecular complexity index is 953. The molecule has 7 nitrogen and oxygen atoms in total. The van der Waals surface area contributed by atoms with Gasteiger partial charge in [0, 0.05) is 31.2 Å². The van der Waals surface area contributed by atoms with Gasteiger partial charge in [0.25, 0.3) is 16.1 Å². The molecule has 1 aliphatic carbocycles. The van der Waals surface area contributed by atoms with Crippen molar-refractivity contribution in [3.8, 4) is 0 Å². The summed E-state index contributed by atoms with van der Waals surface area (Å²) in [6, 6.07) is 11.0. The average molecular weight is 432 g/mol. The molecule has 1 amide bonds. The van der Waals surface area contributed by atoms with Crippen LogP contribution in [0.15, 0.2) is 47.1 Å². The lowest BCUT2D eigenvalue weighted by Crippen LogP contribution is -2.47. The Morgan fingerprint density at radius 3 is 2.57 bits per heavy atom. The number of furan rings is 1. The molecule has 2 aliphatic rings. The van der Waals surface area contributed by atoms with E-state index in [1.165, 1.54) is 4.31 Å². The molecule has 1 N–H and O–H groups in total. The van der Waals surface area contributed by atoms with Crippen LogP contribution in [-0.2, 0) is 23.3 Å². The van der Waals surface area contributed by atoms with Gasteiger partial charge in [-0.15, -0.1) is 0 Å². The Hall–Kier alpha value is -2.16. The maximum Gasteiger partial charge on any atom is 0.282 e. The number of rotatable bonds is 8. The minimum absolute atomic E-state index is 0.0774. The number of nitrogens with one attached hydrogen (secondary N) is 1. The highest BCUT2D eigenvalue weighted by atomic mass is 32.2. The Morgan fingerprint density at radius 2 is 1.93 bits per heavy atom. The van der Waals surface area contributed by atoms with Crippen LogP contribution in [-0.4, -0.2) is 42.1 Å². The zero-order valence-electron chi connectivity index (χ0n) is 17.3. The van der Waals surface area contributed by atoms with Crippen molar-refractivity contribution < 1.29 is 17.6 Å². The number of carbonyl (C=O) groups is 1. The van der Waals surface area contributed by atoms with Crippen molar-refractivity contribution in [2.24, 2.45) is 5.92 Å². The number of amides is 1. The summed E-state index contributed by atoms with van der Waals surface area (Å²) < 4.78 is 35.3. The van der Waals surface area contributed by atoms with Crippen LogP contribution in [0.3, 0.4) is 0 Å². The van der Waals surface area contributed by atoms with Crippen LogP contribution in [0.25, 0.3) is 0 Å². The Kier molecular flexibility index (Phi) is 6.26. The van der Waals surface area contributed by atoms with E-state index in [2.05, 4.69) is 12.2 Å². The summed E-state index contributed by atoms with van der Waals surface area (Å²) in [5.74, 6) is 0.874. The molecule has 162 valence electrons. The van der Waals surface area contributed by atoms with Crippen molar-refractivity contribution in [1.82, 2.24) is 13.9 Å². The van der Waals surface area contributed by atoms with Gasteiger partial charge in [0.1, 0.15) is 5.76 Å². The van der Waals surface area contributed by atoms with E-state index in [0.29, 0.717) is 36.4 Å². The molecule has 8 heteroatoms. The summed E-state index contributed by atoms with van der Waals surface area (Å²) in [6.45, 7) is 3.56. The fourth-order valence-electron chi connectivity index (χ4n) is 3.78. The standard InChI is InChI=1S/C22H29N3O4S/c1-17-4-2-12-24(14-17)30(27,28)25(16-21-5-3-13-29-21)15-18-6-8-19(9-7-18)22(26)23-20-10-11-20/h3,5-9,13,17,20H,2,4,10-12,14-16H2,1H3,(H,23,26). The summed E-state index contributed by atoms with van der Waals surface area (Å²) in [4.78, 5) is 12.2. The Balaban J connectivity index is 1.51. The summed E-state index contributed by atoms with van der Waals surface area (Å²) >= 11 is 0. The predicted molar refractivity (Wildman–Crippen MR) is 114 cm³/mol. The third-order valence-corrected chi connectivity index (χ3v) is 7.57. The van der Waals surface area contributed by atoms with Crippen molar-refractivity contribution >= 4 is 16.1 Å². The van der Waals surface area contributed by atoms with Gasteiger partial charge in [-0.2, -0.15) is 17.0 Å². The highest BCUT2D eigenvalue weighted by Crippen LogP contribution is 2.24. The number of benzene rings is 1. The number of carbonyl (C=O) groups excluding carboxylic acids is 1. The topological polar surface area (TPSA) is 82.9 Å². The van der Waals surface area contributed by atoms with Crippen molar-refractivity contribution in [1.29, 1.82) is 0 Å². The molecule has 1 unspecified atom stereocenters. The van der Waals surface area contributed by atoms with Gasteiger partial charge >= 0.3 is 0 Å². The fraction of sp³-hybridized carbons (Fsp3) is 0.500. The first-order valence-corrected chi connectivity index (χ1v) is 12.0. The molecule has 1 saturated carbocycles. The molecule has 4 rings (SSSR count). The first kappa shape index (κ1) is 21.1. The molecule has 1 atom stereocenters. The quantitative estimate of drug-likeness (QED) is 0.696. The van der Waals surface area contributed by atoms with Gasteiger partial charge < -0.3 is 9.73 Å². The van der Waals surface area contributed by atoms with Gasteiger partial charge in [-0.3, -0.25) is 4.79 Å². The van der Waals surface area contributed by atoms with E-state index in [0.717, 1.165) is 31.2 Å². The highest BCUT2D eigenvalue weighted by molar-refractivity contribution is 7.86. The summed E-state index contributed by atoms with van der Waals surface area (Å²) in [7, 11) is -3.64. The average Bonchev–Trinajstić information content (AvgIpc) is 3.39. The summed E-state index contributed by atoms with van der Waals surface area (Å²) in [5, 5.41) is 2.97. The molecule has 1 aromatic carbocycles. The second kappa shape index (κ2) is 8.91. The third kappa shape index (κ3) is 5.11. The molecule has 2 aromatic rings. The number of nitrogens with zero attached hydrogens (tertiary/aromatic N) is 2. The van der Waals surface area contributed by atoms with Crippen LogP contribution < -0.4 is 5.32 Å². The second-order valence-corrected chi connectivity index (χ2v) is 10.3. The molecule has 1 aromatic heterocycles. The largest absolute Gasteiger partial charge is 0.468 e. The van der Waals surface area contributed by atoms with Gasteiger partial charge in [0.15, 0.2) is 0 Å². The first-order valence-electron chi connectivity index (χ1n) is 10.6. The van der Waals surface area contributed by atoms with E-state index in [9.17, 15) is 13.2 Å². The lowest BCUT2D eigenvalue weighted by atomic mass is 10.0. The van der Waals surface area contributed by atoms with Gasteiger partial charge in [0.2, 0.25) is 0 Å². The van der Waals surface area contributed by atoms with Crippen LogP contribution >= 0.6 is 0 Å². The van der Waals surface area contributed by atoms with Crippen molar-refractivity contribution in [3.63, 3.8) is 0 Å². The van der Waals surface area contributed by atoms with Crippen molar-refractivity contribution in [2.45, 2.75) is 51.7 Å². The molecule has 1 aliphatic heterocycles. The van der Waals surface area contributed by atoms with E-state index in [1.807, 2.05) is 12.1 Å². The molecule has 30 heavy (non-hydrogen) atoms. The summed E-state index contributed by atoms with van der Waals surface area (Å²) in [5.41, 5.74) is 1.43. The van der Waals surface area contributed by atoms with Gasteiger partial charge in [-0.25, -0.2) is 0 Å². The van der Waals surface area contributed by atoms with Crippen LogP contribution in [0.4, 0.5) is 0 Å². The highest BCUT2D eigenvalue weighted by Gasteiger charge is 2.33. The SMILES string of the molecule is CC1CCCN(S(=O)(=O)N(Cc2ccc(C(=O)NC3CC3)cc2)Cc2ccco2)C1. The summed E-state index contributed by atoms with van der Waals surface area (Å²) in [6.07, 6.45) is 5.56. The zero-order valence-corrected chi connectivity index (χ0v) is 18.1. The molecule has 2 fully saturated rings. The number of hydrogen-bond acceptors (Lipinski definition) is 4. The van der Waals surface area contributed by atoms with Gasteiger partial charge in [-0.1, -0.05) is 19.1 Å². The normalized spacial score (nSPS) is 20.4. The van der Waals surface area contributed by atoms with Crippen LogP contribution in [0.1, 0.15) is 54.3 Å². The number of piperidine rings is 1. The fourth-order valence-corrected chi connectivity index (χ4v) is 5.51. The van der Waals surface area contributed by atoms with E-state index >= 15 is 0 Å². The molecule has 2 heterocycles. The van der Waals surface area contributed by atoms with E-state index in [4.69, 9.17) is 4.42 Å². The maximum atomic E-state index is 13.4. The van der Waals surface area contributed by atoms with Crippen LogP contribution in [0.2, 0.25) is 0 Å². The predicted octanol–water partition coefficient (Wildman–Crippen LogP) is 3.15. The van der Waals surface area contributed by atoms with Crippen LogP contribution in [0.5, 0.6) is 0 Å². The molecule has 1 saturated heterocycles. The number of hydrogen-bond donors (Lipinski definition) is 1. The minimum atomic E-state index is -3.64. The molecular weight excluding hydrogens is 402 g/mol. The lowest BCUT2D eigenvalue weighted by Gasteiger charge is -2.34. The Morgan fingerprint density at radius 1 is 1.17 bits per heavy atom. The molecule has 0 spiro atoms. The van der Waals surface area contributed by atoms with E-state index in [-0.39, 0.29) is 19.0 Å². The van der Waals surface area contributed by atoms with E-state index < -0.39 is 10.2 Å². The lowest BCUT2D eigenvalue weighted by molar-refractivity contribution is 0.0951. The van der Waals surface area contributed by atoms with Gasteiger partial charge in [-0.05, 0) is 61.4 Å². The van der Waals surface area contributed by atoms with Crippen molar-refractivity contribution in [3.05, 3.63) is 59.5 Å². The Labute approximate surface area is 178 Å². The third-order valence-electron chi connectivity index (χ3n) is 5.67. The molecule has 0 radical (unpaired) electrons. The zero-order chi connectivity index (χ0) is 21.1.